The zero-order chi connectivity index (χ0) is 40.5. The van der Waals surface area contributed by atoms with Gasteiger partial charge in [-0.1, -0.05) is 206 Å². The molecule has 0 atom stereocenters. The first-order chi connectivity index (χ1) is 30.2. The summed E-state index contributed by atoms with van der Waals surface area (Å²) in [4.78, 5) is 2.43. The summed E-state index contributed by atoms with van der Waals surface area (Å²) in [5, 5.41) is 7.43. The van der Waals surface area contributed by atoms with Crippen LogP contribution in [0.3, 0.4) is 0 Å². The maximum Gasteiger partial charge on any atom is 0.0468 e. The molecular weight excluding hydrogens is 735 g/mol. The molecular formula is C60H41N. The molecule has 61 heavy (non-hydrogen) atoms. The molecule has 11 aromatic rings. The van der Waals surface area contributed by atoms with Crippen LogP contribution in [0, 0.1) is 0 Å². The predicted octanol–water partition coefficient (Wildman–Crippen LogP) is 17.0. The quantitative estimate of drug-likeness (QED) is 0.139. The third kappa shape index (κ3) is 6.83. The highest BCUT2D eigenvalue weighted by molar-refractivity contribution is 6.09. The largest absolute Gasteiger partial charge is 0.310 e. The van der Waals surface area contributed by atoms with Gasteiger partial charge in [0.2, 0.25) is 0 Å². The fourth-order valence-electron chi connectivity index (χ4n) is 9.08. The Balaban J connectivity index is 1.10. The molecule has 0 bridgehead atoms. The Morgan fingerprint density at radius 1 is 0.197 bits per heavy atom. The van der Waals surface area contributed by atoms with E-state index < -0.39 is 0 Å². The maximum atomic E-state index is 2.43. The van der Waals surface area contributed by atoms with Crippen molar-refractivity contribution in [2.24, 2.45) is 0 Å². The Labute approximate surface area is 357 Å². The van der Waals surface area contributed by atoms with Crippen molar-refractivity contribution < 1.29 is 0 Å². The lowest BCUT2D eigenvalue weighted by molar-refractivity contribution is 1.29. The van der Waals surface area contributed by atoms with E-state index in [2.05, 4.69) is 254 Å². The molecule has 0 aromatic heterocycles. The van der Waals surface area contributed by atoms with Gasteiger partial charge in [-0.25, -0.2) is 0 Å². The zero-order valence-electron chi connectivity index (χ0n) is 33.6. The van der Waals surface area contributed by atoms with E-state index in [0.717, 1.165) is 22.6 Å². The summed E-state index contributed by atoms with van der Waals surface area (Å²) in [6.45, 7) is 0. The normalized spacial score (nSPS) is 11.3. The predicted molar refractivity (Wildman–Crippen MR) is 261 cm³/mol. The standard InChI is InChI=1S/C60H41N/c1-3-17-43(18-4-1)56-37-36-52(41-59(56)44-19-5-2-6-20-44)61(51-35-34-46-32-31-45-21-9-10-25-53(45)60(46)40-51)50-24-15-23-48(39-50)54-26-11-13-28-57(54)58-29-14-12-27-55(58)49-33-30-42-16-7-8-22-47(42)38-49/h1-41H. The van der Waals surface area contributed by atoms with Crippen LogP contribution < -0.4 is 4.90 Å². The number of hydrogen-bond acceptors (Lipinski definition) is 1. The molecule has 0 aliphatic carbocycles. The van der Waals surface area contributed by atoms with Crippen molar-refractivity contribution in [2.45, 2.75) is 0 Å². The van der Waals surface area contributed by atoms with Gasteiger partial charge in [-0.15, -0.1) is 0 Å². The van der Waals surface area contributed by atoms with Crippen LogP contribution in [0.5, 0.6) is 0 Å². The molecule has 0 aliphatic heterocycles. The van der Waals surface area contributed by atoms with Crippen molar-refractivity contribution in [1.29, 1.82) is 0 Å². The minimum Gasteiger partial charge on any atom is -0.310 e. The van der Waals surface area contributed by atoms with Crippen molar-refractivity contribution >= 4 is 49.4 Å². The highest BCUT2D eigenvalue weighted by Crippen LogP contribution is 2.44. The molecule has 0 unspecified atom stereocenters. The minimum atomic E-state index is 1.08. The first-order valence-electron chi connectivity index (χ1n) is 21.0. The second-order valence-corrected chi connectivity index (χ2v) is 15.7. The van der Waals surface area contributed by atoms with Gasteiger partial charge in [0.25, 0.3) is 0 Å². The minimum absolute atomic E-state index is 1.08. The summed E-state index contributed by atoms with van der Waals surface area (Å²) >= 11 is 0. The second-order valence-electron chi connectivity index (χ2n) is 15.7. The van der Waals surface area contributed by atoms with Gasteiger partial charge in [-0.05, 0) is 130 Å². The van der Waals surface area contributed by atoms with Crippen molar-refractivity contribution in [3.8, 4) is 55.6 Å². The highest BCUT2D eigenvalue weighted by atomic mass is 15.1. The molecule has 0 fully saturated rings. The summed E-state index contributed by atoms with van der Waals surface area (Å²) in [6, 6.07) is 90.6. The second kappa shape index (κ2) is 15.6. The summed E-state index contributed by atoms with van der Waals surface area (Å²) in [5.74, 6) is 0. The van der Waals surface area contributed by atoms with Crippen LogP contribution in [-0.2, 0) is 0 Å². The van der Waals surface area contributed by atoms with Gasteiger partial charge in [0.15, 0.2) is 0 Å². The fraction of sp³-hybridized carbons (Fsp3) is 0. The van der Waals surface area contributed by atoms with Crippen LogP contribution >= 0.6 is 0 Å². The smallest absolute Gasteiger partial charge is 0.0468 e. The molecule has 0 heterocycles. The van der Waals surface area contributed by atoms with E-state index in [9.17, 15) is 0 Å². The van der Waals surface area contributed by atoms with Crippen molar-refractivity contribution in [3.05, 3.63) is 249 Å². The first-order valence-corrected chi connectivity index (χ1v) is 21.0. The van der Waals surface area contributed by atoms with Gasteiger partial charge in [0.1, 0.15) is 0 Å². The summed E-state index contributed by atoms with van der Waals surface area (Å²) in [7, 11) is 0. The Bertz CT molecular complexity index is 3360. The van der Waals surface area contributed by atoms with Gasteiger partial charge in [0.05, 0.1) is 0 Å². The topological polar surface area (TPSA) is 3.24 Å². The van der Waals surface area contributed by atoms with Crippen LogP contribution in [0.2, 0.25) is 0 Å². The fourth-order valence-corrected chi connectivity index (χ4v) is 9.08. The Hall–Kier alpha value is -8.00. The summed E-state index contributed by atoms with van der Waals surface area (Å²) in [5.41, 5.74) is 15.2. The molecule has 11 aromatic carbocycles. The Kier molecular flexibility index (Phi) is 9.26. The first kappa shape index (κ1) is 36.1. The van der Waals surface area contributed by atoms with Gasteiger partial charge >= 0.3 is 0 Å². The van der Waals surface area contributed by atoms with E-state index in [0.29, 0.717) is 0 Å². The molecule has 0 spiro atoms. The molecule has 1 nitrogen and oxygen atoms in total. The van der Waals surface area contributed by atoms with Crippen LogP contribution in [0.1, 0.15) is 0 Å². The van der Waals surface area contributed by atoms with Crippen molar-refractivity contribution in [1.82, 2.24) is 0 Å². The molecule has 1 heteroatoms. The average Bonchev–Trinajstić information content (AvgIpc) is 3.34. The van der Waals surface area contributed by atoms with Crippen molar-refractivity contribution in [2.75, 3.05) is 4.90 Å². The van der Waals surface area contributed by atoms with Crippen LogP contribution in [-0.4, -0.2) is 0 Å². The third-order valence-corrected chi connectivity index (χ3v) is 12.0. The van der Waals surface area contributed by atoms with E-state index in [1.165, 1.54) is 82.4 Å². The molecule has 0 saturated carbocycles. The monoisotopic (exact) mass is 775 g/mol. The van der Waals surface area contributed by atoms with Crippen LogP contribution in [0.15, 0.2) is 249 Å². The number of benzene rings is 11. The van der Waals surface area contributed by atoms with E-state index in [4.69, 9.17) is 0 Å². The number of anilines is 3. The van der Waals surface area contributed by atoms with Crippen LogP contribution in [0.25, 0.3) is 88.0 Å². The molecule has 0 saturated heterocycles. The molecule has 11 rings (SSSR count). The molecule has 0 aliphatic rings. The maximum absolute atomic E-state index is 2.43. The molecule has 0 radical (unpaired) electrons. The number of hydrogen-bond donors (Lipinski definition) is 0. The van der Waals surface area contributed by atoms with Gasteiger partial charge in [0, 0.05) is 17.1 Å². The lowest BCUT2D eigenvalue weighted by Crippen LogP contribution is -2.10. The van der Waals surface area contributed by atoms with E-state index in [1.54, 1.807) is 0 Å². The Morgan fingerprint density at radius 2 is 0.656 bits per heavy atom. The number of fused-ring (bicyclic) bond motifs is 4. The molecule has 0 N–H and O–H groups in total. The lowest BCUT2D eigenvalue weighted by atomic mass is 9.88. The van der Waals surface area contributed by atoms with E-state index in [-0.39, 0.29) is 0 Å². The van der Waals surface area contributed by atoms with Crippen molar-refractivity contribution in [3.63, 3.8) is 0 Å². The van der Waals surface area contributed by atoms with Gasteiger partial charge in [-0.3, -0.25) is 0 Å². The zero-order valence-corrected chi connectivity index (χ0v) is 33.6. The van der Waals surface area contributed by atoms with Crippen LogP contribution in [0.4, 0.5) is 17.1 Å². The van der Waals surface area contributed by atoms with E-state index >= 15 is 0 Å². The number of rotatable bonds is 8. The third-order valence-electron chi connectivity index (χ3n) is 12.0. The summed E-state index contributed by atoms with van der Waals surface area (Å²) in [6.07, 6.45) is 0. The Morgan fingerprint density at radius 3 is 1.38 bits per heavy atom. The lowest BCUT2D eigenvalue weighted by Gasteiger charge is -2.28. The average molecular weight is 776 g/mol. The highest BCUT2D eigenvalue weighted by Gasteiger charge is 2.19. The number of nitrogens with zero attached hydrogens (tertiary/aromatic N) is 1. The molecule has 0 amide bonds. The SMILES string of the molecule is c1ccc(-c2ccc(N(c3cccc(-c4ccccc4-c4ccccc4-c4ccc5ccccc5c4)c3)c3ccc4ccc5ccccc5c4c3)cc2-c2ccccc2)cc1. The van der Waals surface area contributed by atoms with E-state index in [1.807, 2.05) is 0 Å². The van der Waals surface area contributed by atoms with Gasteiger partial charge in [-0.2, -0.15) is 0 Å². The van der Waals surface area contributed by atoms with Gasteiger partial charge < -0.3 is 4.90 Å². The summed E-state index contributed by atoms with van der Waals surface area (Å²) < 4.78 is 0. The molecule has 286 valence electrons.